The number of nitrogens with one attached hydrogen (secondary N) is 2. The first-order valence-corrected chi connectivity index (χ1v) is 7.78. The first-order chi connectivity index (χ1) is 11.0. The average molecular weight is 316 g/mol. The van der Waals surface area contributed by atoms with Crippen molar-refractivity contribution in [1.29, 1.82) is 0 Å². The molecule has 23 heavy (non-hydrogen) atoms. The van der Waals surface area contributed by atoms with Crippen molar-refractivity contribution in [1.82, 2.24) is 15.5 Å². The maximum Gasteiger partial charge on any atom is 0.255 e. The summed E-state index contributed by atoms with van der Waals surface area (Å²) in [6.45, 7) is 4.48. The van der Waals surface area contributed by atoms with E-state index in [2.05, 4.69) is 15.5 Å². The summed E-state index contributed by atoms with van der Waals surface area (Å²) in [5.74, 6) is 0.583. The maximum atomic E-state index is 12.5. The Hall–Kier alpha value is -2.34. The molecule has 0 aliphatic rings. The summed E-state index contributed by atoms with van der Waals surface area (Å²) in [7, 11) is 1.62. The zero-order chi connectivity index (χ0) is 16.9. The lowest BCUT2D eigenvalue weighted by Gasteiger charge is -2.26. The number of methoxy groups -OCH3 is 1. The summed E-state index contributed by atoms with van der Waals surface area (Å²) in [5, 5.41) is 9.79. The highest BCUT2D eigenvalue weighted by atomic mass is 16.5. The van der Waals surface area contributed by atoms with Crippen LogP contribution in [0.5, 0.6) is 5.75 Å². The van der Waals surface area contributed by atoms with Gasteiger partial charge in [-0.3, -0.25) is 9.89 Å². The number of carbonyl (C=O) groups excluding carboxylic acids is 1. The lowest BCUT2D eigenvalue weighted by Crippen LogP contribution is -2.49. The summed E-state index contributed by atoms with van der Waals surface area (Å²) in [4.78, 5) is 12.5. The zero-order valence-corrected chi connectivity index (χ0v) is 13.8. The highest BCUT2D eigenvalue weighted by Crippen LogP contribution is 2.23. The maximum absolute atomic E-state index is 12.5. The summed E-state index contributed by atoms with van der Waals surface area (Å²) in [5.41, 5.74) is 7.91. The second-order valence-corrected chi connectivity index (χ2v) is 5.64. The number of ether oxygens (including phenoxy) is 1. The number of rotatable bonds is 7. The van der Waals surface area contributed by atoms with Crippen LogP contribution in [0.2, 0.25) is 0 Å². The van der Waals surface area contributed by atoms with Gasteiger partial charge in [0, 0.05) is 17.6 Å². The summed E-state index contributed by atoms with van der Waals surface area (Å²) >= 11 is 0. The van der Waals surface area contributed by atoms with Gasteiger partial charge in [0.25, 0.3) is 5.91 Å². The van der Waals surface area contributed by atoms with E-state index in [9.17, 15) is 4.79 Å². The van der Waals surface area contributed by atoms with E-state index < -0.39 is 0 Å². The third kappa shape index (κ3) is 3.90. The van der Waals surface area contributed by atoms with E-state index in [1.165, 1.54) is 6.20 Å². The van der Waals surface area contributed by atoms with E-state index in [4.69, 9.17) is 10.5 Å². The Bertz CT molecular complexity index is 645. The molecule has 1 aromatic heterocycles. The van der Waals surface area contributed by atoms with Crippen LogP contribution in [-0.4, -0.2) is 35.3 Å². The van der Waals surface area contributed by atoms with Crippen molar-refractivity contribution in [3.05, 3.63) is 36.0 Å². The average Bonchev–Trinajstić information content (AvgIpc) is 3.09. The van der Waals surface area contributed by atoms with Crippen molar-refractivity contribution in [3.63, 3.8) is 0 Å². The minimum Gasteiger partial charge on any atom is -0.497 e. The largest absolute Gasteiger partial charge is 0.497 e. The number of hydrogen-bond donors (Lipinski definition) is 3. The molecule has 0 bridgehead atoms. The number of aromatic amines is 1. The van der Waals surface area contributed by atoms with E-state index in [0.717, 1.165) is 24.2 Å². The summed E-state index contributed by atoms with van der Waals surface area (Å²) in [6.07, 6.45) is 3.14. The normalized spacial score (nSPS) is 11.3. The summed E-state index contributed by atoms with van der Waals surface area (Å²) < 4.78 is 5.15. The highest BCUT2D eigenvalue weighted by Gasteiger charge is 2.22. The number of aromatic nitrogens is 2. The molecule has 4 N–H and O–H groups in total. The molecular weight excluding hydrogens is 292 g/mol. The first-order valence-electron chi connectivity index (χ1n) is 7.78. The molecule has 1 aromatic carbocycles. The van der Waals surface area contributed by atoms with Gasteiger partial charge in [-0.05, 0) is 37.1 Å². The van der Waals surface area contributed by atoms with Crippen LogP contribution in [0, 0.1) is 0 Å². The van der Waals surface area contributed by atoms with Crippen molar-refractivity contribution < 1.29 is 9.53 Å². The molecule has 0 atom stereocenters. The van der Waals surface area contributed by atoms with Crippen LogP contribution in [0.1, 0.15) is 37.0 Å². The Labute approximate surface area is 136 Å². The zero-order valence-electron chi connectivity index (χ0n) is 13.8. The van der Waals surface area contributed by atoms with E-state index in [-0.39, 0.29) is 11.4 Å². The molecule has 0 aliphatic heterocycles. The van der Waals surface area contributed by atoms with Crippen molar-refractivity contribution in [2.45, 2.75) is 32.2 Å². The molecule has 124 valence electrons. The molecule has 0 saturated carbocycles. The van der Waals surface area contributed by atoms with Gasteiger partial charge < -0.3 is 15.8 Å². The lowest BCUT2D eigenvalue weighted by molar-refractivity contribution is 0.0943. The molecule has 1 amide bonds. The van der Waals surface area contributed by atoms with Crippen molar-refractivity contribution in [2.75, 3.05) is 13.7 Å². The number of benzene rings is 1. The van der Waals surface area contributed by atoms with Gasteiger partial charge in [-0.25, -0.2) is 0 Å². The van der Waals surface area contributed by atoms with E-state index in [0.29, 0.717) is 17.8 Å². The molecular formula is C17H24N4O2. The van der Waals surface area contributed by atoms with E-state index in [1.807, 2.05) is 38.1 Å². The minimum atomic E-state index is -0.375. The molecule has 0 aliphatic carbocycles. The van der Waals surface area contributed by atoms with Gasteiger partial charge in [-0.1, -0.05) is 13.8 Å². The molecule has 6 nitrogen and oxygen atoms in total. The number of nitrogens with zero attached hydrogens (tertiary/aromatic N) is 1. The second-order valence-electron chi connectivity index (χ2n) is 5.64. The standard InChI is InChI=1S/C17H24N4O2/c1-4-17(18,5-2)11-19-16(22)14-10-20-21-15(14)12-6-8-13(23-3)9-7-12/h6-10H,4-5,11,18H2,1-3H3,(H,19,22)(H,20,21). The Morgan fingerprint density at radius 1 is 1.30 bits per heavy atom. The van der Waals surface area contributed by atoms with Crippen LogP contribution in [0.25, 0.3) is 11.3 Å². The van der Waals surface area contributed by atoms with Crippen LogP contribution >= 0.6 is 0 Å². The molecule has 0 saturated heterocycles. The summed E-state index contributed by atoms with van der Waals surface area (Å²) in [6, 6.07) is 7.46. The molecule has 2 aromatic rings. The second kappa shape index (κ2) is 7.28. The third-order valence-electron chi connectivity index (χ3n) is 4.27. The predicted molar refractivity (Wildman–Crippen MR) is 90.4 cm³/mol. The van der Waals surface area contributed by atoms with Crippen molar-refractivity contribution >= 4 is 5.91 Å². The predicted octanol–water partition coefficient (Wildman–Crippen LogP) is 2.33. The molecule has 0 spiro atoms. The third-order valence-corrected chi connectivity index (χ3v) is 4.27. The van der Waals surface area contributed by atoms with Crippen LogP contribution in [-0.2, 0) is 0 Å². The molecule has 0 radical (unpaired) electrons. The van der Waals surface area contributed by atoms with Crippen LogP contribution < -0.4 is 15.8 Å². The van der Waals surface area contributed by atoms with Crippen molar-refractivity contribution in [3.8, 4) is 17.0 Å². The monoisotopic (exact) mass is 316 g/mol. The van der Waals surface area contributed by atoms with Gasteiger partial charge >= 0.3 is 0 Å². The van der Waals surface area contributed by atoms with Crippen LogP contribution in [0.3, 0.4) is 0 Å². The van der Waals surface area contributed by atoms with E-state index in [1.54, 1.807) is 7.11 Å². The number of amides is 1. The molecule has 2 rings (SSSR count). The fraction of sp³-hybridized carbons (Fsp3) is 0.412. The molecule has 6 heteroatoms. The molecule has 0 fully saturated rings. The van der Waals surface area contributed by atoms with Gasteiger partial charge in [0.1, 0.15) is 5.75 Å². The Morgan fingerprint density at radius 3 is 2.52 bits per heavy atom. The van der Waals surface area contributed by atoms with E-state index >= 15 is 0 Å². The topological polar surface area (TPSA) is 93.0 Å². The smallest absolute Gasteiger partial charge is 0.255 e. The highest BCUT2D eigenvalue weighted by molar-refractivity contribution is 5.99. The number of nitrogens with two attached hydrogens (primary N) is 1. The first kappa shape index (κ1) is 17.0. The molecule has 1 heterocycles. The van der Waals surface area contributed by atoms with Crippen molar-refractivity contribution in [2.24, 2.45) is 5.73 Å². The fourth-order valence-electron chi connectivity index (χ4n) is 2.29. The minimum absolute atomic E-state index is 0.179. The Kier molecular flexibility index (Phi) is 5.39. The Morgan fingerprint density at radius 2 is 1.96 bits per heavy atom. The SMILES string of the molecule is CCC(N)(CC)CNC(=O)c1cn[nH]c1-c1ccc(OC)cc1. The number of hydrogen-bond acceptors (Lipinski definition) is 4. The van der Waals surface area contributed by atoms with Gasteiger partial charge in [0.2, 0.25) is 0 Å². The number of H-pyrrole nitrogens is 1. The lowest BCUT2D eigenvalue weighted by atomic mass is 9.94. The Balaban J connectivity index is 2.15. The van der Waals surface area contributed by atoms with Gasteiger partial charge in [-0.15, -0.1) is 0 Å². The fourth-order valence-corrected chi connectivity index (χ4v) is 2.29. The van der Waals surface area contributed by atoms with Crippen LogP contribution in [0.4, 0.5) is 0 Å². The van der Waals surface area contributed by atoms with Gasteiger partial charge in [-0.2, -0.15) is 5.10 Å². The van der Waals surface area contributed by atoms with Crippen LogP contribution in [0.15, 0.2) is 30.5 Å². The number of carbonyl (C=O) groups is 1. The van der Waals surface area contributed by atoms with Gasteiger partial charge in [0.15, 0.2) is 0 Å². The quantitative estimate of drug-likeness (QED) is 0.731. The molecule has 0 unspecified atom stereocenters. The van der Waals surface area contributed by atoms with Gasteiger partial charge in [0.05, 0.1) is 24.6 Å².